The van der Waals surface area contributed by atoms with Crippen LogP contribution in [0.2, 0.25) is 0 Å². The zero-order valence-corrected chi connectivity index (χ0v) is 12.4. The number of hydrogen-bond acceptors (Lipinski definition) is 6. The number of ether oxygens (including phenoxy) is 4. The molecule has 0 spiro atoms. The van der Waals surface area contributed by atoms with Crippen molar-refractivity contribution in [3.05, 3.63) is 29.3 Å². The van der Waals surface area contributed by atoms with Crippen molar-refractivity contribution in [1.82, 2.24) is 4.90 Å². The molecule has 0 saturated carbocycles. The minimum absolute atomic E-state index is 0.361. The second kappa shape index (κ2) is 6.43. The van der Waals surface area contributed by atoms with Crippen molar-refractivity contribution in [2.24, 2.45) is 4.99 Å². The van der Waals surface area contributed by atoms with Gasteiger partial charge in [0, 0.05) is 38.4 Å². The topological polar surface area (TPSA) is 52.5 Å². The summed E-state index contributed by atoms with van der Waals surface area (Å²) >= 11 is 0. The number of methoxy groups -OCH3 is 2. The van der Waals surface area contributed by atoms with Crippen molar-refractivity contribution in [1.29, 1.82) is 0 Å². The van der Waals surface area contributed by atoms with Crippen LogP contribution in [0, 0.1) is 0 Å². The summed E-state index contributed by atoms with van der Waals surface area (Å²) in [4.78, 5) is 6.65. The standard InChI is InChI=1S/C15H20N2O4/c1-18-14(19-2)11-3-4-13-12(9-11)10-16-15(21-13)17-5-7-20-8-6-17/h3-4,9,14H,5-8,10H2,1-2H3. The fourth-order valence-corrected chi connectivity index (χ4v) is 2.54. The van der Waals surface area contributed by atoms with Crippen molar-refractivity contribution in [2.45, 2.75) is 12.8 Å². The molecule has 0 bridgehead atoms. The van der Waals surface area contributed by atoms with Gasteiger partial charge in [-0.05, 0) is 12.1 Å². The maximum Gasteiger partial charge on any atom is 0.293 e. The quantitative estimate of drug-likeness (QED) is 0.791. The molecule has 1 aromatic carbocycles. The highest BCUT2D eigenvalue weighted by Gasteiger charge is 2.22. The summed E-state index contributed by atoms with van der Waals surface area (Å²) < 4.78 is 21.8. The molecule has 0 N–H and O–H groups in total. The molecular formula is C15H20N2O4. The lowest BCUT2D eigenvalue weighted by Gasteiger charge is -2.31. The predicted molar refractivity (Wildman–Crippen MR) is 77.4 cm³/mol. The molecule has 0 aliphatic carbocycles. The van der Waals surface area contributed by atoms with E-state index in [1.807, 2.05) is 18.2 Å². The Morgan fingerprint density at radius 1 is 1.19 bits per heavy atom. The number of rotatable bonds is 3. The first kappa shape index (κ1) is 14.3. The minimum Gasteiger partial charge on any atom is -0.426 e. The summed E-state index contributed by atoms with van der Waals surface area (Å²) in [6.45, 7) is 3.69. The monoisotopic (exact) mass is 292 g/mol. The molecule has 1 saturated heterocycles. The van der Waals surface area contributed by atoms with Gasteiger partial charge >= 0.3 is 0 Å². The third kappa shape index (κ3) is 3.02. The number of fused-ring (bicyclic) bond motifs is 1. The molecule has 0 atom stereocenters. The van der Waals surface area contributed by atoms with E-state index >= 15 is 0 Å². The van der Waals surface area contributed by atoms with Crippen LogP contribution in [0.25, 0.3) is 0 Å². The van der Waals surface area contributed by atoms with Gasteiger partial charge < -0.3 is 23.8 Å². The summed E-state index contributed by atoms with van der Waals surface area (Å²) in [7, 11) is 3.25. The van der Waals surface area contributed by atoms with Crippen LogP contribution in [0.1, 0.15) is 17.4 Å². The highest BCUT2D eigenvalue weighted by Crippen LogP contribution is 2.29. The lowest BCUT2D eigenvalue weighted by atomic mass is 10.1. The number of nitrogens with zero attached hydrogens (tertiary/aromatic N) is 2. The SMILES string of the molecule is COC(OC)c1ccc2c(c1)CN=C(N1CCOCC1)O2. The molecule has 21 heavy (non-hydrogen) atoms. The van der Waals surface area contributed by atoms with Crippen LogP contribution in [0.4, 0.5) is 0 Å². The van der Waals surface area contributed by atoms with Gasteiger partial charge in [0.25, 0.3) is 6.02 Å². The molecule has 0 radical (unpaired) electrons. The van der Waals surface area contributed by atoms with Crippen LogP contribution >= 0.6 is 0 Å². The van der Waals surface area contributed by atoms with Gasteiger partial charge in [0.1, 0.15) is 5.75 Å². The molecule has 114 valence electrons. The summed E-state index contributed by atoms with van der Waals surface area (Å²) in [6, 6.07) is 6.62. The number of morpholine rings is 1. The van der Waals surface area contributed by atoms with Crippen molar-refractivity contribution in [2.75, 3.05) is 40.5 Å². The first-order valence-electron chi connectivity index (χ1n) is 7.05. The maximum absolute atomic E-state index is 5.91. The molecule has 6 heteroatoms. The molecule has 6 nitrogen and oxygen atoms in total. The normalized spacial score (nSPS) is 18.2. The summed E-state index contributed by atoms with van der Waals surface area (Å²) in [5.74, 6) is 0.848. The number of hydrogen-bond donors (Lipinski definition) is 0. The van der Waals surface area contributed by atoms with Gasteiger partial charge in [0.05, 0.1) is 19.8 Å². The Bertz CT molecular complexity index is 522. The van der Waals surface area contributed by atoms with Gasteiger partial charge in [-0.2, -0.15) is 0 Å². The van der Waals surface area contributed by atoms with Crippen molar-refractivity contribution < 1.29 is 18.9 Å². The highest BCUT2D eigenvalue weighted by molar-refractivity contribution is 5.78. The Labute approximate surface area is 124 Å². The third-order valence-electron chi connectivity index (χ3n) is 3.65. The molecule has 3 rings (SSSR count). The molecular weight excluding hydrogens is 272 g/mol. The van der Waals surface area contributed by atoms with Crippen LogP contribution in [-0.4, -0.2) is 51.4 Å². The average molecular weight is 292 g/mol. The van der Waals surface area contributed by atoms with E-state index in [0.29, 0.717) is 12.6 Å². The Morgan fingerprint density at radius 2 is 1.95 bits per heavy atom. The average Bonchev–Trinajstić information content (AvgIpc) is 2.56. The first-order chi connectivity index (χ1) is 10.3. The Kier molecular flexibility index (Phi) is 4.38. The molecule has 0 aromatic heterocycles. The van der Waals surface area contributed by atoms with E-state index in [9.17, 15) is 0 Å². The van der Waals surface area contributed by atoms with Crippen molar-refractivity contribution in [3.8, 4) is 5.75 Å². The first-order valence-corrected chi connectivity index (χ1v) is 7.05. The smallest absolute Gasteiger partial charge is 0.293 e. The summed E-state index contributed by atoms with van der Waals surface area (Å²) in [5.41, 5.74) is 2.01. The van der Waals surface area contributed by atoms with E-state index in [4.69, 9.17) is 18.9 Å². The fourth-order valence-electron chi connectivity index (χ4n) is 2.54. The molecule has 1 aromatic rings. The van der Waals surface area contributed by atoms with Crippen molar-refractivity contribution >= 4 is 6.02 Å². The van der Waals surface area contributed by atoms with Crippen LogP contribution in [0.15, 0.2) is 23.2 Å². The largest absolute Gasteiger partial charge is 0.426 e. The molecule has 1 fully saturated rings. The number of benzene rings is 1. The van der Waals surface area contributed by atoms with Crippen molar-refractivity contribution in [3.63, 3.8) is 0 Å². The van der Waals surface area contributed by atoms with Crippen LogP contribution < -0.4 is 4.74 Å². The lowest BCUT2D eigenvalue weighted by molar-refractivity contribution is -0.106. The molecule has 2 aliphatic heterocycles. The lowest BCUT2D eigenvalue weighted by Crippen LogP contribution is -2.44. The Hall–Kier alpha value is -1.63. The van der Waals surface area contributed by atoms with E-state index in [-0.39, 0.29) is 6.29 Å². The van der Waals surface area contributed by atoms with E-state index in [1.165, 1.54) is 0 Å². The highest BCUT2D eigenvalue weighted by atomic mass is 16.7. The van der Waals surface area contributed by atoms with Gasteiger partial charge in [-0.1, -0.05) is 6.07 Å². The summed E-state index contributed by atoms with van der Waals surface area (Å²) in [6.07, 6.45) is -0.361. The van der Waals surface area contributed by atoms with Gasteiger partial charge in [0.2, 0.25) is 0 Å². The van der Waals surface area contributed by atoms with Gasteiger partial charge in [-0.25, -0.2) is 4.99 Å². The van der Waals surface area contributed by atoms with E-state index in [0.717, 1.165) is 43.2 Å². The molecule has 0 unspecified atom stereocenters. The van der Waals surface area contributed by atoms with Crippen LogP contribution in [0.3, 0.4) is 0 Å². The van der Waals surface area contributed by atoms with E-state index in [2.05, 4.69) is 9.89 Å². The zero-order chi connectivity index (χ0) is 14.7. The minimum atomic E-state index is -0.361. The molecule has 2 heterocycles. The maximum atomic E-state index is 5.91. The zero-order valence-electron chi connectivity index (χ0n) is 12.4. The number of aliphatic imine (C=N–C) groups is 1. The van der Waals surface area contributed by atoms with E-state index < -0.39 is 0 Å². The van der Waals surface area contributed by atoms with Gasteiger partial charge in [-0.15, -0.1) is 0 Å². The van der Waals surface area contributed by atoms with Crippen LogP contribution in [0.5, 0.6) is 5.75 Å². The fraction of sp³-hybridized carbons (Fsp3) is 0.533. The summed E-state index contributed by atoms with van der Waals surface area (Å²) in [5, 5.41) is 0. The third-order valence-corrected chi connectivity index (χ3v) is 3.65. The van der Waals surface area contributed by atoms with Gasteiger partial charge in [-0.3, -0.25) is 0 Å². The Balaban J connectivity index is 1.75. The molecule has 0 amide bonds. The van der Waals surface area contributed by atoms with E-state index in [1.54, 1.807) is 14.2 Å². The Morgan fingerprint density at radius 3 is 2.67 bits per heavy atom. The molecule has 2 aliphatic rings. The number of amidine groups is 1. The van der Waals surface area contributed by atoms with Gasteiger partial charge in [0.15, 0.2) is 6.29 Å². The van der Waals surface area contributed by atoms with Crippen LogP contribution in [-0.2, 0) is 20.8 Å². The second-order valence-corrected chi connectivity index (χ2v) is 4.97. The second-order valence-electron chi connectivity index (χ2n) is 4.97. The predicted octanol–water partition coefficient (Wildman–Crippen LogP) is 1.56.